The van der Waals surface area contributed by atoms with Crippen molar-refractivity contribution in [3.63, 3.8) is 0 Å². The molecule has 2 amide bonds. The van der Waals surface area contributed by atoms with Gasteiger partial charge in [0.2, 0.25) is 11.8 Å². The second-order valence-corrected chi connectivity index (χ2v) is 11.8. The van der Waals surface area contributed by atoms with Crippen LogP contribution in [0.2, 0.25) is 0 Å². The molecule has 0 bridgehead atoms. The van der Waals surface area contributed by atoms with Crippen molar-refractivity contribution in [2.45, 2.75) is 70.7 Å². The second-order valence-electron chi connectivity index (χ2n) is 10.4. The Morgan fingerprint density at radius 2 is 1.92 bits per heavy atom. The van der Waals surface area contributed by atoms with Gasteiger partial charge in [-0.1, -0.05) is 12.1 Å². The number of thioether (sulfide) groups is 1. The maximum absolute atomic E-state index is 13.2. The molecule has 0 N–H and O–H groups in total. The van der Waals surface area contributed by atoms with Crippen LogP contribution in [-0.2, 0) is 25.7 Å². The molecule has 2 saturated heterocycles. The highest BCUT2D eigenvalue weighted by Crippen LogP contribution is 2.37. The molecule has 10 heteroatoms. The molecule has 214 valence electrons. The van der Waals surface area contributed by atoms with Gasteiger partial charge in [0.25, 0.3) is 0 Å². The van der Waals surface area contributed by atoms with Gasteiger partial charge >= 0.3 is 5.97 Å². The van der Waals surface area contributed by atoms with Gasteiger partial charge in [-0.15, -0.1) is 11.8 Å². The quantitative estimate of drug-likeness (QED) is 0.361. The number of carbonyl (C=O) groups is 3. The third kappa shape index (κ3) is 8.12. The molecular weight excluding hydrogens is 514 g/mol. The van der Waals surface area contributed by atoms with Gasteiger partial charge in [-0.3, -0.25) is 19.3 Å². The monoisotopic (exact) mass is 557 g/mol. The molecule has 3 atom stereocenters. The van der Waals surface area contributed by atoms with Crippen LogP contribution in [0.4, 0.5) is 5.69 Å². The number of nitriles is 1. The highest BCUT2D eigenvalue weighted by molar-refractivity contribution is 8.01. The van der Waals surface area contributed by atoms with Crippen LogP contribution in [0.3, 0.4) is 0 Å². The fourth-order valence-electron chi connectivity index (χ4n) is 5.28. The van der Waals surface area contributed by atoms with E-state index in [0.29, 0.717) is 13.0 Å². The largest absolute Gasteiger partial charge is 0.465 e. The first-order valence-corrected chi connectivity index (χ1v) is 15.0. The van der Waals surface area contributed by atoms with E-state index < -0.39 is 11.9 Å². The third-order valence-corrected chi connectivity index (χ3v) is 8.98. The van der Waals surface area contributed by atoms with E-state index >= 15 is 0 Å². The summed E-state index contributed by atoms with van der Waals surface area (Å²) < 4.78 is 5.05. The number of carbonyl (C=O) groups excluding carboxylic acids is 3. The Hall–Kier alpha value is -2.77. The van der Waals surface area contributed by atoms with Gasteiger partial charge in [-0.25, -0.2) is 0 Å². The van der Waals surface area contributed by atoms with Gasteiger partial charge in [-0.05, 0) is 51.8 Å². The van der Waals surface area contributed by atoms with Crippen LogP contribution in [-0.4, -0.2) is 95.0 Å². The summed E-state index contributed by atoms with van der Waals surface area (Å²) in [6, 6.07) is 10.9. The Morgan fingerprint density at radius 3 is 2.51 bits per heavy atom. The molecule has 0 radical (unpaired) electrons. The standard InChI is InChI=1S/C29H43N5O4S/c1-6-33-27(18-24(19-30)29(37)38-7-2)39-26(28(33)36)11-12-34(21(3)4)25-10-8-9-23(17-25)20-31-13-15-32(16-14-31)22(5)35/h8-10,17,21,24,26-27H,6-7,11-16,18,20H2,1-5H3. The van der Waals surface area contributed by atoms with E-state index in [1.54, 1.807) is 30.5 Å². The summed E-state index contributed by atoms with van der Waals surface area (Å²) in [5.41, 5.74) is 2.37. The molecule has 0 spiro atoms. The highest BCUT2D eigenvalue weighted by Gasteiger charge is 2.41. The van der Waals surface area contributed by atoms with Gasteiger partial charge < -0.3 is 19.4 Å². The molecule has 2 aliphatic heterocycles. The average molecular weight is 558 g/mol. The van der Waals surface area contributed by atoms with E-state index in [1.807, 2.05) is 11.8 Å². The average Bonchev–Trinajstić information content (AvgIpc) is 3.21. The molecule has 39 heavy (non-hydrogen) atoms. The molecular formula is C29H43N5O4S. The first kappa shape index (κ1) is 30.8. The summed E-state index contributed by atoms with van der Waals surface area (Å²) in [7, 11) is 0. The van der Waals surface area contributed by atoms with Crippen molar-refractivity contribution in [2.75, 3.05) is 50.8 Å². The van der Waals surface area contributed by atoms with Crippen molar-refractivity contribution >= 4 is 35.2 Å². The number of rotatable bonds is 12. The molecule has 1 aromatic rings. The van der Waals surface area contributed by atoms with Gasteiger partial charge in [0.1, 0.15) is 5.92 Å². The Labute approximate surface area is 237 Å². The Balaban J connectivity index is 1.62. The van der Waals surface area contributed by atoms with Crippen LogP contribution in [0.1, 0.15) is 53.0 Å². The van der Waals surface area contributed by atoms with Crippen LogP contribution in [0.25, 0.3) is 0 Å². The zero-order valence-electron chi connectivity index (χ0n) is 24.0. The van der Waals surface area contributed by atoms with E-state index in [4.69, 9.17) is 4.74 Å². The number of piperazine rings is 1. The minimum absolute atomic E-state index is 0.0789. The predicted molar refractivity (Wildman–Crippen MR) is 154 cm³/mol. The van der Waals surface area contributed by atoms with Crippen molar-refractivity contribution < 1.29 is 19.1 Å². The minimum atomic E-state index is -0.872. The first-order valence-electron chi connectivity index (χ1n) is 14.0. The molecule has 2 heterocycles. The molecule has 9 nitrogen and oxygen atoms in total. The number of anilines is 1. The number of ether oxygens (including phenoxy) is 1. The Kier molecular flexibility index (Phi) is 11.5. The summed E-state index contributed by atoms with van der Waals surface area (Å²) in [5.74, 6) is -1.17. The summed E-state index contributed by atoms with van der Waals surface area (Å²) in [5, 5.41) is 9.09. The molecule has 0 saturated carbocycles. The molecule has 3 rings (SSSR count). The first-order chi connectivity index (χ1) is 18.7. The van der Waals surface area contributed by atoms with Crippen LogP contribution >= 0.6 is 11.8 Å². The smallest absolute Gasteiger partial charge is 0.323 e. The van der Waals surface area contributed by atoms with E-state index in [9.17, 15) is 19.6 Å². The lowest BCUT2D eigenvalue weighted by molar-refractivity contribution is -0.146. The summed E-state index contributed by atoms with van der Waals surface area (Å²) in [6.07, 6.45) is 0.967. The van der Waals surface area contributed by atoms with Gasteiger partial charge in [0.05, 0.1) is 23.3 Å². The Bertz CT molecular complexity index is 1040. The van der Waals surface area contributed by atoms with E-state index in [-0.39, 0.29) is 41.5 Å². The minimum Gasteiger partial charge on any atom is -0.465 e. The fraction of sp³-hybridized carbons (Fsp3) is 0.655. The Morgan fingerprint density at radius 1 is 1.21 bits per heavy atom. The number of nitrogens with zero attached hydrogens (tertiary/aromatic N) is 5. The molecule has 1 aromatic carbocycles. The van der Waals surface area contributed by atoms with Gasteiger partial charge in [-0.2, -0.15) is 5.26 Å². The third-order valence-electron chi connectivity index (χ3n) is 7.45. The molecule has 0 aromatic heterocycles. The van der Waals surface area contributed by atoms with Crippen molar-refractivity contribution in [1.29, 1.82) is 5.26 Å². The SMILES string of the molecule is CCOC(=O)C(C#N)CC1SC(CCN(c2cccc(CN3CCN(C(C)=O)CC3)c2)C(C)C)C(=O)N1CC. The van der Waals surface area contributed by atoms with Crippen molar-refractivity contribution in [3.05, 3.63) is 29.8 Å². The normalized spacial score (nSPS) is 20.7. The second kappa shape index (κ2) is 14.6. The van der Waals surface area contributed by atoms with Crippen molar-refractivity contribution in [1.82, 2.24) is 14.7 Å². The van der Waals surface area contributed by atoms with E-state index in [1.165, 1.54) is 5.56 Å². The maximum Gasteiger partial charge on any atom is 0.323 e. The maximum atomic E-state index is 13.2. The lowest BCUT2D eigenvalue weighted by atomic mass is 10.1. The van der Waals surface area contributed by atoms with Gasteiger partial charge in [0.15, 0.2) is 0 Å². The molecule has 0 aliphatic carbocycles. The number of hydrogen-bond acceptors (Lipinski definition) is 8. The molecule has 3 unspecified atom stereocenters. The summed E-state index contributed by atoms with van der Waals surface area (Å²) >= 11 is 1.56. The topological polar surface area (TPSA) is 97.2 Å². The number of esters is 1. The number of hydrogen-bond donors (Lipinski definition) is 0. The number of amides is 2. The predicted octanol–water partition coefficient (Wildman–Crippen LogP) is 3.34. The van der Waals surface area contributed by atoms with Crippen LogP contribution in [0.5, 0.6) is 0 Å². The summed E-state index contributed by atoms with van der Waals surface area (Å²) in [6.45, 7) is 15.2. The van der Waals surface area contributed by atoms with Gasteiger partial charge in [0, 0.05) is 70.9 Å². The van der Waals surface area contributed by atoms with Crippen LogP contribution in [0.15, 0.2) is 24.3 Å². The number of benzene rings is 1. The van der Waals surface area contributed by atoms with E-state index in [0.717, 1.165) is 45.0 Å². The van der Waals surface area contributed by atoms with E-state index in [2.05, 4.69) is 54.0 Å². The zero-order chi connectivity index (χ0) is 28.5. The van der Waals surface area contributed by atoms with Crippen molar-refractivity contribution in [3.8, 4) is 6.07 Å². The zero-order valence-corrected chi connectivity index (χ0v) is 24.8. The lowest BCUT2D eigenvalue weighted by Gasteiger charge is -2.34. The summed E-state index contributed by atoms with van der Waals surface area (Å²) in [4.78, 5) is 45.5. The molecule has 2 fully saturated rings. The molecule has 2 aliphatic rings. The lowest BCUT2D eigenvalue weighted by Crippen LogP contribution is -2.47. The van der Waals surface area contributed by atoms with Crippen LogP contribution in [0, 0.1) is 17.2 Å². The highest BCUT2D eigenvalue weighted by atomic mass is 32.2. The fourth-order valence-corrected chi connectivity index (χ4v) is 6.86. The van der Waals surface area contributed by atoms with Crippen molar-refractivity contribution in [2.24, 2.45) is 5.92 Å². The van der Waals surface area contributed by atoms with Crippen LogP contribution < -0.4 is 4.90 Å².